The Balaban J connectivity index is 1.84. The van der Waals surface area contributed by atoms with Crippen LogP contribution in [0.15, 0.2) is 48.8 Å². The van der Waals surface area contributed by atoms with E-state index in [0.717, 1.165) is 11.1 Å². The fraction of sp³-hybridized carbons (Fsp3) is 0.421. The minimum Gasteiger partial charge on any atom is -0.290 e. The van der Waals surface area contributed by atoms with Crippen molar-refractivity contribution in [2.75, 3.05) is 26.2 Å². The highest BCUT2D eigenvalue weighted by molar-refractivity contribution is 7.89. The molecule has 3 rings (SSSR count). The molecule has 0 radical (unpaired) electrons. The van der Waals surface area contributed by atoms with Crippen LogP contribution in [0.3, 0.4) is 0 Å². The third-order valence-electron chi connectivity index (χ3n) is 4.78. The molecule has 1 aliphatic heterocycles. The maximum absolute atomic E-state index is 12.4. The zero-order valence-electron chi connectivity index (χ0n) is 15.0. The Morgan fingerprint density at radius 2 is 1.65 bits per heavy atom. The highest BCUT2D eigenvalue weighted by atomic mass is 35.5. The number of pyridine rings is 1. The van der Waals surface area contributed by atoms with E-state index in [0.29, 0.717) is 31.2 Å². The van der Waals surface area contributed by atoms with Crippen molar-refractivity contribution < 1.29 is 8.42 Å². The summed E-state index contributed by atoms with van der Waals surface area (Å²) in [6.07, 6.45) is 3.63. The molecule has 0 bridgehead atoms. The van der Waals surface area contributed by atoms with Crippen molar-refractivity contribution in [3.63, 3.8) is 0 Å². The van der Waals surface area contributed by atoms with Crippen LogP contribution >= 0.6 is 11.6 Å². The van der Waals surface area contributed by atoms with Crippen molar-refractivity contribution in [3.05, 3.63) is 64.9 Å². The molecule has 2 heterocycles. The van der Waals surface area contributed by atoms with Crippen LogP contribution in [0.5, 0.6) is 0 Å². The molecular formula is C19H24ClN3O2S. The van der Waals surface area contributed by atoms with Gasteiger partial charge >= 0.3 is 0 Å². The number of aromatic nitrogens is 1. The Bertz CT molecular complexity index is 818. The molecule has 1 saturated heterocycles. The van der Waals surface area contributed by atoms with Gasteiger partial charge in [-0.25, -0.2) is 8.42 Å². The predicted octanol–water partition coefficient (Wildman–Crippen LogP) is 3.18. The molecule has 7 heteroatoms. The molecule has 5 nitrogen and oxygen atoms in total. The van der Waals surface area contributed by atoms with Crippen molar-refractivity contribution in [1.82, 2.24) is 14.2 Å². The van der Waals surface area contributed by atoms with Crippen molar-refractivity contribution in [2.24, 2.45) is 0 Å². The van der Waals surface area contributed by atoms with Crippen LogP contribution in [-0.2, 0) is 10.0 Å². The molecule has 0 N–H and O–H groups in total. The van der Waals surface area contributed by atoms with E-state index in [-0.39, 0.29) is 11.3 Å². The van der Waals surface area contributed by atoms with Gasteiger partial charge < -0.3 is 0 Å². The van der Waals surface area contributed by atoms with Crippen LogP contribution in [0, 0.1) is 0 Å². The number of rotatable bonds is 5. The molecule has 1 atom stereocenters. The average Bonchev–Trinajstić information content (AvgIpc) is 2.65. The molecule has 0 saturated carbocycles. The Kier molecular flexibility index (Phi) is 5.97. The van der Waals surface area contributed by atoms with Gasteiger partial charge in [0.1, 0.15) is 0 Å². The number of piperazine rings is 1. The monoisotopic (exact) mass is 393 g/mol. The quantitative estimate of drug-likeness (QED) is 0.782. The minimum atomic E-state index is -3.21. The maximum Gasteiger partial charge on any atom is 0.216 e. The fourth-order valence-corrected chi connectivity index (χ4v) is 4.71. The van der Waals surface area contributed by atoms with Crippen LogP contribution in [0.2, 0.25) is 5.02 Å². The lowest BCUT2D eigenvalue weighted by Gasteiger charge is -2.39. The second-order valence-electron chi connectivity index (χ2n) is 6.77. The Hall–Kier alpha value is -1.47. The lowest BCUT2D eigenvalue weighted by Crippen LogP contribution is -2.51. The summed E-state index contributed by atoms with van der Waals surface area (Å²) in [6.45, 7) is 5.82. The lowest BCUT2D eigenvalue weighted by atomic mass is 9.98. The molecule has 1 aromatic heterocycles. The summed E-state index contributed by atoms with van der Waals surface area (Å²) in [6, 6.07) is 11.8. The zero-order valence-corrected chi connectivity index (χ0v) is 16.6. The van der Waals surface area contributed by atoms with E-state index in [1.807, 2.05) is 36.5 Å². The molecule has 0 aliphatic carbocycles. The van der Waals surface area contributed by atoms with Crippen LogP contribution in [0.1, 0.15) is 31.0 Å². The summed E-state index contributed by atoms with van der Waals surface area (Å²) in [5, 5.41) is 0.311. The molecule has 0 amide bonds. The molecule has 0 spiro atoms. The highest BCUT2D eigenvalue weighted by Crippen LogP contribution is 2.30. The van der Waals surface area contributed by atoms with Gasteiger partial charge in [-0.2, -0.15) is 4.31 Å². The normalized spacial score (nSPS) is 18.2. The van der Waals surface area contributed by atoms with Gasteiger partial charge in [-0.05, 0) is 43.2 Å². The van der Waals surface area contributed by atoms with Gasteiger partial charge in [0.2, 0.25) is 10.0 Å². The summed E-state index contributed by atoms with van der Waals surface area (Å²) in [5.74, 6) is 0. The minimum absolute atomic E-state index is 0.0323. The van der Waals surface area contributed by atoms with E-state index in [1.165, 1.54) is 0 Å². The SMILES string of the molecule is CC(C)S(=O)(=O)N1CCN(C(c2ccc(Cl)cc2)c2cccnc2)CC1. The molecule has 1 fully saturated rings. The first-order chi connectivity index (χ1) is 12.4. The van der Waals surface area contributed by atoms with Crippen LogP contribution in [0.25, 0.3) is 0 Å². The van der Waals surface area contributed by atoms with Crippen molar-refractivity contribution in [3.8, 4) is 0 Å². The second kappa shape index (κ2) is 8.05. The van der Waals surface area contributed by atoms with Gasteiger partial charge in [-0.15, -0.1) is 0 Å². The van der Waals surface area contributed by atoms with Crippen LogP contribution in [-0.4, -0.2) is 54.0 Å². The van der Waals surface area contributed by atoms with Crippen LogP contribution < -0.4 is 0 Å². The molecule has 140 valence electrons. The zero-order chi connectivity index (χ0) is 18.7. The first-order valence-corrected chi connectivity index (χ1v) is 10.7. The van der Waals surface area contributed by atoms with E-state index in [1.54, 1.807) is 24.3 Å². The van der Waals surface area contributed by atoms with Gasteiger partial charge in [0.25, 0.3) is 0 Å². The average molecular weight is 394 g/mol. The first kappa shape index (κ1) is 19.3. The van der Waals surface area contributed by atoms with Gasteiger partial charge in [0.15, 0.2) is 0 Å². The summed E-state index contributed by atoms with van der Waals surface area (Å²) >= 11 is 6.05. The van der Waals surface area contributed by atoms with Crippen LogP contribution in [0.4, 0.5) is 0 Å². The van der Waals surface area contributed by atoms with E-state index < -0.39 is 10.0 Å². The fourth-order valence-electron chi connectivity index (χ4n) is 3.31. The van der Waals surface area contributed by atoms with E-state index >= 15 is 0 Å². The van der Waals surface area contributed by atoms with E-state index in [2.05, 4.69) is 16.0 Å². The number of halogens is 1. The third kappa shape index (κ3) is 4.09. The summed E-state index contributed by atoms with van der Waals surface area (Å²) < 4.78 is 26.5. The highest BCUT2D eigenvalue weighted by Gasteiger charge is 2.32. The Morgan fingerprint density at radius 1 is 1.00 bits per heavy atom. The van der Waals surface area contributed by atoms with Gasteiger partial charge in [0.05, 0.1) is 11.3 Å². The summed E-state index contributed by atoms with van der Waals surface area (Å²) in [4.78, 5) is 6.57. The molecule has 1 unspecified atom stereocenters. The molecule has 1 aliphatic rings. The topological polar surface area (TPSA) is 53.5 Å². The van der Waals surface area contributed by atoms with E-state index in [4.69, 9.17) is 11.6 Å². The van der Waals surface area contributed by atoms with Crippen molar-refractivity contribution in [1.29, 1.82) is 0 Å². The van der Waals surface area contributed by atoms with Gasteiger partial charge in [0, 0.05) is 43.6 Å². The number of hydrogen-bond donors (Lipinski definition) is 0. The number of benzene rings is 1. The number of nitrogens with zero attached hydrogens (tertiary/aromatic N) is 3. The number of sulfonamides is 1. The first-order valence-electron chi connectivity index (χ1n) is 8.78. The Morgan fingerprint density at radius 3 is 2.19 bits per heavy atom. The van der Waals surface area contributed by atoms with E-state index in [9.17, 15) is 8.42 Å². The predicted molar refractivity (Wildman–Crippen MR) is 105 cm³/mol. The number of hydrogen-bond acceptors (Lipinski definition) is 4. The molecule has 26 heavy (non-hydrogen) atoms. The third-order valence-corrected chi connectivity index (χ3v) is 7.31. The summed E-state index contributed by atoms with van der Waals surface area (Å²) in [5.41, 5.74) is 2.22. The smallest absolute Gasteiger partial charge is 0.216 e. The van der Waals surface area contributed by atoms with Gasteiger partial charge in [-0.3, -0.25) is 9.88 Å². The largest absolute Gasteiger partial charge is 0.290 e. The molecule has 1 aromatic carbocycles. The molecule has 2 aromatic rings. The summed E-state index contributed by atoms with van der Waals surface area (Å²) in [7, 11) is -3.21. The standard InChI is InChI=1S/C19H24ClN3O2S/c1-15(2)26(24,25)23-12-10-22(11-13-23)19(17-4-3-9-21-14-17)16-5-7-18(20)8-6-16/h3-9,14-15,19H,10-13H2,1-2H3. The lowest BCUT2D eigenvalue weighted by molar-refractivity contribution is 0.155. The second-order valence-corrected chi connectivity index (χ2v) is 9.69. The van der Waals surface area contributed by atoms with Gasteiger partial charge in [-0.1, -0.05) is 29.8 Å². The maximum atomic E-state index is 12.4. The Labute approximate surface area is 160 Å². The molecular weight excluding hydrogens is 370 g/mol. The van der Waals surface area contributed by atoms with Crippen molar-refractivity contribution in [2.45, 2.75) is 25.1 Å². The van der Waals surface area contributed by atoms with Crippen molar-refractivity contribution >= 4 is 21.6 Å².